The number of hydrogen-bond donors (Lipinski definition) is 2. The van der Waals surface area contributed by atoms with Gasteiger partial charge in [0.15, 0.2) is 0 Å². The molecule has 0 spiro atoms. The second-order valence-corrected chi connectivity index (χ2v) is 4.45. The average molecular weight is 254 g/mol. The molecule has 0 fully saturated rings. The van der Waals surface area contributed by atoms with Crippen LogP contribution in [-0.4, -0.2) is 21.6 Å². The number of carbonyl (C=O) groups excluding carboxylic acids is 1. The summed E-state index contributed by atoms with van der Waals surface area (Å²) in [5.41, 5.74) is 5.77. The maximum Gasteiger partial charge on any atom is 0.273 e. The largest absolute Gasteiger partial charge is 0.346 e. The van der Waals surface area contributed by atoms with E-state index in [9.17, 15) is 4.79 Å². The van der Waals surface area contributed by atoms with Gasteiger partial charge in [-0.25, -0.2) is 10.4 Å². The van der Waals surface area contributed by atoms with Crippen LogP contribution in [0.3, 0.4) is 0 Å². The van der Waals surface area contributed by atoms with Crippen molar-refractivity contribution in [1.29, 1.82) is 0 Å². The van der Waals surface area contributed by atoms with E-state index >= 15 is 0 Å². The first-order valence-electron chi connectivity index (χ1n) is 6.30. The standard InChI is InChI=1S/C14H14N4O/c1-2-4-12-11(14(19)18-17-12)7-9-8-16-13-10(9)5-3-6-15-13/h3,5-8H,2,4H2,1H3,(H,15,16)(H,18,19)/b11-7-. The summed E-state index contributed by atoms with van der Waals surface area (Å²) < 4.78 is 0. The van der Waals surface area contributed by atoms with Crippen LogP contribution in [-0.2, 0) is 4.79 Å². The number of aromatic nitrogens is 2. The van der Waals surface area contributed by atoms with Crippen LogP contribution < -0.4 is 5.43 Å². The number of nitrogens with one attached hydrogen (secondary N) is 2. The zero-order valence-electron chi connectivity index (χ0n) is 10.6. The minimum atomic E-state index is -0.137. The van der Waals surface area contributed by atoms with Crippen molar-refractivity contribution in [2.24, 2.45) is 5.10 Å². The first kappa shape index (κ1) is 11.6. The minimum Gasteiger partial charge on any atom is -0.346 e. The fourth-order valence-corrected chi connectivity index (χ4v) is 2.20. The van der Waals surface area contributed by atoms with E-state index in [2.05, 4.69) is 27.4 Å². The average Bonchev–Trinajstić information content (AvgIpc) is 2.98. The maximum absolute atomic E-state index is 11.8. The zero-order chi connectivity index (χ0) is 13.2. The van der Waals surface area contributed by atoms with Crippen LogP contribution in [0.2, 0.25) is 0 Å². The van der Waals surface area contributed by atoms with Gasteiger partial charge in [-0.15, -0.1) is 0 Å². The Kier molecular flexibility index (Phi) is 2.87. The summed E-state index contributed by atoms with van der Waals surface area (Å²) >= 11 is 0. The third-order valence-corrected chi connectivity index (χ3v) is 3.12. The molecule has 0 unspecified atom stereocenters. The number of fused-ring (bicyclic) bond motifs is 1. The van der Waals surface area contributed by atoms with Crippen LogP contribution in [0, 0.1) is 0 Å². The Balaban J connectivity index is 2.05. The summed E-state index contributed by atoms with van der Waals surface area (Å²) in [5.74, 6) is -0.137. The number of hydrazone groups is 1. The van der Waals surface area contributed by atoms with Crippen molar-refractivity contribution in [3.63, 3.8) is 0 Å². The van der Waals surface area contributed by atoms with Gasteiger partial charge in [0.2, 0.25) is 0 Å². The topological polar surface area (TPSA) is 70.1 Å². The molecule has 19 heavy (non-hydrogen) atoms. The predicted octanol–water partition coefficient (Wildman–Crippen LogP) is 2.23. The molecule has 2 aromatic rings. The van der Waals surface area contributed by atoms with Gasteiger partial charge >= 0.3 is 0 Å². The Morgan fingerprint density at radius 2 is 2.32 bits per heavy atom. The third-order valence-electron chi connectivity index (χ3n) is 3.12. The first-order valence-corrected chi connectivity index (χ1v) is 6.30. The number of H-pyrrole nitrogens is 1. The lowest BCUT2D eigenvalue weighted by molar-refractivity contribution is -0.116. The number of hydrogen-bond acceptors (Lipinski definition) is 3. The number of rotatable bonds is 3. The molecule has 0 atom stereocenters. The zero-order valence-corrected chi connectivity index (χ0v) is 10.6. The van der Waals surface area contributed by atoms with E-state index in [1.807, 2.05) is 24.4 Å². The SMILES string of the molecule is CCCC1=NNC(=O)/C1=C\c1c[nH]c2ncccc12. The summed E-state index contributed by atoms with van der Waals surface area (Å²) in [5, 5.41) is 5.08. The number of aromatic amines is 1. The molecular formula is C14H14N4O. The van der Waals surface area contributed by atoms with Gasteiger partial charge in [-0.1, -0.05) is 13.3 Å². The fourth-order valence-electron chi connectivity index (χ4n) is 2.20. The molecule has 96 valence electrons. The smallest absolute Gasteiger partial charge is 0.273 e. The van der Waals surface area contributed by atoms with E-state index < -0.39 is 0 Å². The van der Waals surface area contributed by atoms with Gasteiger partial charge in [-0.05, 0) is 24.6 Å². The molecule has 1 amide bonds. The molecule has 5 nitrogen and oxygen atoms in total. The van der Waals surface area contributed by atoms with Crippen molar-refractivity contribution in [1.82, 2.24) is 15.4 Å². The van der Waals surface area contributed by atoms with Crippen LogP contribution in [0.1, 0.15) is 25.3 Å². The predicted molar refractivity (Wildman–Crippen MR) is 74.6 cm³/mol. The quantitative estimate of drug-likeness (QED) is 0.824. The number of carbonyl (C=O) groups is 1. The molecule has 0 bridgehead atoms. The van der Waals surface area contributed by atoms with E-state index in [0.717, 1.165) is 35.2 Å². The van der Waals surface area contributed by atoms with Gasteiger partial charge < -0.3 is 4.98 Å². The molecule has 5 heteroatoms. The van der Waals surface area contributed by atoms with Crippen molar-refractivity contribution in [3.8, 4) is 0 Å². The molecule has 3 heterocycles. The summed E-state index contributed by atoms with van der Waals surface area (Å²) in [6, 6.07) is 3.86. The second kappa shape index (κ2) is 4.68. The van der Waals surface area contributed by atoms with Gasteiger partial charge in [0, 0.05) is 23.3 Å². The molecule has 2 N–H and O–H groups in total. The fraction of sp³-hybridized carbons (Fsp3) is 0.214. The van der Waals surface area contributed by atoms with E-state index in [1.165, 1.54) is 0 Å². The lowest BCUT2D eigenvalue weighted by atomic mass is 10.0. The van der Waals surface area contributed by atoms with Crippen molar-refractivity contribution >= 4 is 28.7 Å². The van der Waals surface area contributed by atoms with Crippen LogP contribution in [0.15, 0.2) is 35.2 Å². The molecule has 0 saturated heterocycles. The number of pyridine rings is 1. The molecular weight excluding hydrogens is 240 g/mol. The summed E-state index contributed by atoms with van der Waals surface area (Å²) in [6.07, 6.45) is 7.23. The van der Waals surface area contributed by atoms with E-state index in [-0.39, 0.29) is 5.91 Å². The Hall–Kier alpha value is -2.43. The van der Waals surface area contributed by atoms with Crippen LogP contribution in [0.25, 0.3) is 17.1 Å². The van der Waals surface area contributed by atoms with Crippen LogP contribution >= 0.6 is 0 Å². The molecule has 1 aliphatic rings. The summed E-state index contributed by atoms with van der Waals surface area (Å²) in [6.45, 7) is 2.07. The summed E-state index contributed by atoms with van der Waals surface area (Å²) in [4.78, 5) is 19.1. The van der Waals surface area contributed by atoms with E-state index in [0.29, 0.717) is 5.57 Å². The highest BCUT2D eigenvalue weighted by Gasteiger charge is 2.21. The molecule has 0 saturated carbocycles. The third kappa shape index (κ3) is 2.03. The molecule has 0 aromatic carbocycles. The van der Waals surface area contributed by atoms with Gasteiger partial charge in [0.25, 0.3) is 5.91 Å². The maximum atomic E-state index is 11.8. The minimum absolute atomic E-state index is 0.137. The monoisotopic (exact) mass is 254 g/mol. The Labute approximate surface area is 110 Å². The Bertz CT molecular complexity index is 696. The molecule has 3 rings (SSSR count). The van der Waals surface area contributed by atoms with Crippen molar-refractivity contribution in [2.75, 3.05) is 0 Å². The highest BCUT2D eigenvalue weighted by molar-refractivity contribution is 6.27. The lowest BCUT2D eigenvalue weighted by Gasteiger charge is -1.98. The molecule has 2 aromatic heterocycles. The van der Waals surface area contributed by atoms with Crippen LogP contribution in [0.5, 0.6) is 0 Å². The van der Waals surface area contributed by atoms with E-state index in [4.69, 9.17) is 0 Å². The van der Waals surface area contributed by atoms with Gasteiger partial charge in [0.1, 0.15) is 5.65 Å². The van der Waals surface area contributed by atoms with Gasteiger partial charge in [-0.3, -0.25) is 4.79 Å². The van der Waals surface area contributed by atoms with Crippen LogP contribution in [0.4, 0.5) is 0 Å². The Morgan fingerprint density at radius 3 is 3.16 bits per heavy atom. The Morgan fingerprint density at radius 1 is 1.42 bits per heavy atom. The van der Waals surface area contributed by atoms with E-state index in [1.54, 1.807) is 6.20 Å². The van der Waals surface area contributed by atoms with Crippen molar-refractivity contribution in [3.05, 3.63) is 35.7 Å². The lowest BCUT2D eigenvalue weighted by Crippen LogP contribution is -2.13. The first-order chi connectivity index (χ1) is 9.29. The molecule has 0 aliphatic carbocycles. The van der Waals surface area contributed by atoms with Crippen molar-refractivity contribution < 1.29 is 4.79 Å². The van der Waals surface area contributed by atoms with Gasteiger partial charge in [-0.2, -0.15) is 5.10 Å². The second-order valence-electron chi connectivity index (χ2n) is 4.45. The molecule has 1 aliphatic heterocycles. The highest BCUT2D eigenvalue weighted by Crippen LogP contribution is 2.21. The molecule has 0 radical (unpaired) electrons. The summed E-state index contributed by atoms with van der Waals surface area (Å²) in [7, 11) is 0. The van der Waals surface area contributed by atoms with Crippen molar-refractivity contribution in [2.45, 2.75) is 19.8 Å². The highest BCUT2D eigenvalue weighted by atomic mass is 16.2. The normalized spacial score (nSPS) is 17.0. The van der Waals surface area contributed by atoms with Gasteiger partial charge in [0.05, 0.1) is 11.3 Å². The number of amides is 1. The number of nitrogens with zero attached hydrogens (tertiary/aromatic N) is 2.